The predicted molar refractivity (Wildman–Crippen MR) is 97.6 cm³/mol. The zero-order valence-electron chi connectivity index (χ0n) is 14.9. The van der Waals surface area contributed by atoms with Gasteiger partial charge in [0, 0.05) is 11.1 Å². The molecule has 0 radical (unpaired) electrons. The highest BCUT2D eigenvalue weighted by atomic mass is 32.2. The molecule has 0 N–H and O–H groups in total. The number of carbonyl (C=O) groups is 1. The smallest absolute Gasteiger partial charge is 0.217 e. The van der Waals surface area contributed by atoms with Gasteiger partial charge in [-0.15, -0.1) is 0 Å². The van der Waals surface area contributed by atoms with Crippen LogP contribution in [-0.4, -0.2) is 31.5 Å². The Kier molecular flexibility index (Phi) is 4.10. The molecule has 6 heteroatoms. The van der Waals surface area contributed by atoms with Crippen molar-refractivity contribution in [3.8, 4) is 5.88 Å². The number of hydrogen-bond acceptors (Lipinski definition) is 5. The third-order valence-electron chi connectivity index (χ3n) is 5.04. The first kappa shape index (κ1) is 17.2. The SMILES string of the molecule is COc1nc(C(=O)c2ccc(S(=O)(=O)C3CC3)c(C)c2)ccc1C1CC1. The van der Waals surface area contributed by atoms with Gasteiger partial charge >= 0.3 is 0 Å². The summed E-state index contributed by atoms with van der Waals surface area (Å²) in [6, 6.07) is 8.40. The van der Waals surface area contributed by atoms with Gasteiger partial charge < -0.3 is 4.74 Å². The second kappa shape index (κ2) is 6.20. The fourth-order valence-corrected chi connectivity index (χ4v) is 5.14. The van der Waals surface area contributed by atoms with E-state index in [2.05, 4.69) is 4.98 Å². The Hall–Kier alpha value is -2.21. The first-order chi connectivity index (χ1) is 12.4. The summed E-state index contributed by atoms with van der Waals surface area (Å²) < 4.78 is 30.2. The van der Waals surface area contributed by atoms with Crippen molar-refractivity contribution < 1.29 is 17.9 Å². The minimum atomic E-state index is -3.27. The Morgan fingerprint density at radius 1 is 1.12 bits per heavy atom. The van der Waals surface area contributed by atoms with Crippen LogP contribution in [0.3, 0.4) is 0 Å². The van der Waals surface area contributed by atoms with Crippen LogP contribution >= 0.6 is 0 Å². The summed E-state index contributed by atoms with van der Waals surface area (Å²) in [6.45, 7) is 1.73. The minimum Gasteiger partial charge on any atom is -0.481 e. The molecule has 0 atom stereocenters. The molecule has 0 unspecified atom stereocenters. The van der Waals surface area contributed by atoms with E-state index in [1.54, 1.807) is 38.3 Å². The Morgan fingerprint density at radius 3 is 2.42 bits per heavy atom. The molecule has 0 bridgehead atoms. The second-order valence-electron chi connectivity index (χ2n) is 7.12. The summed E-state index contributed by atoms with van der Waals surface area (Å²) in [5.74, 6) is 0.753. The van der Waals surface area contributed by atoms with Crippen molar-refractivity contribution in [2.75, 3.05) is 7.11 Å². The first-order valence-corrected chi connectivity index (χ1v) is 10.4. The lowest BCUT2D eigenvalue weighted by molar-refractivity contribution is 0.103. The number of methoxy groups -OCH3 is 1. The summed E-state index contributed by atoms with van der Waals surface area (Å²) in [6.07, 6.45) is 3.70. The molecule has 26 heavy (non-hydrogen) atoms. The molecule has 1 aromatic carbocycles. The number of ether oxygens (including phenoxy) is 1. The molecule has 2 aliphatic carbocycles. The zero-order valence-corrected chi connectivity index (χ0v) is 15.7. The van der Waals surface area contributed by atoms with E-state index in [4.69, 9.17) is 4.74 Å². The number of rotatable bonds is 6. The molecule has 2 aromatic rings. The van der Waals surface area contributed by atoms with E-state index < -0.39 is 9.84 Å². The van der Waals surface area contributed by atoms with Crippen molar-refractivity contribution in [3.05, 3.63) is 52.7 Å². The first-order valence-electron chi connectivity index (χ1n) is 8.86. The standard InChI is InChI=1S/C20H21NO4S/c1-12-11-14(5-10-18(12)26(23,24)15-6-7-15)19(22)17-9-8-16(13-3-4-13)20(21-17)25-2/h5,8-11,13,15H,3-4,6-7H2,1-2H3. The van der Waals surface area contributed by atoms with Crippen LogP contribution in [0.4, 0.5) is 0 Å². The predicted octanol–water partition coefficient (Wildman–Crippen LogP) is 3.44. The molecule has 2 fully saturated rings. The molecular weight excluding hydrogens is 350 g/mol. The minimum absolute atomic E-state index is 0.232. The van der Waals surface area contributed by atoms with Gasteiger partial charge in [-0.1, -0.05) is 6.07 Å². The third kappa shape index (κ3) is 3.03. The van der Waals surface area contributed by atoms with E-state index in [-0.39, 0.29) is 11.0 Å². The van der Waals surface area contributed by atoms with Gasteiger partial charge in [0.1, 0.15) is 5.69 Å². The maximum absolute atomic E-state index is 12.8. The van der Waals surface area contributed by atoms with E-state index in [0.717, 1.165) is 31.2 Å². The third-order valence-corrected chi connectivity index (χ3v) is 7.46. The van der Waals surface area contributed by atoms with Crippen LogP contribution in [0.2, 0.25) is 0 Å². The van der Waals surface area contributed by atoms with E-state index in [9.17, 15) is 13.2 Å². The number of carbonyl (C=O) groups excluding carboxylic acids is 1. The number of benzene rings is 1. The van der Waals surface area contributed by atoms with Gasteiger partial charge in [0.25, 0.3) is 0 Å². The van der Waals surface area contributed by atoms with E-state index in [1.165, 1.54) is 0 Å². The van der Waals surface area contributed by atoms with E-state index in [1.807, 2.05) is 6.07 Å². The second-order valence-corrected chi connectivity index (χ2v) is 9.32. The Bertz CT molecular complexity index is 989. The maximum Gasteiger partial charge on any atom is 0.217 e. The number of ketones is 1. The molecule has 1 aromatic heterocycles. The van der Waals surface area contributed by atoms with Crippen molar-refractivity contribution in [2.24, 2.45) is 0 Å². The molecule has 2 aliphatic rings. The summed E-state index contributed by atoms with van der Waals surface area (Å²) in [7, 11) is -1.71. The van der Waals surface area contributed by atoms with Crippen molar-refractivity contribution in [1.82, 2.24) is 4.98 Å². The van der Waals surface area contributed by atoms with Gasteiger partial charge in [-0.05, 0) is 68.4 Å². The van der Waals surface area contributed by atoms with Gasteiger partial charge in [-0.25, -0.2) is 13.4 Å². The molecule has 0 spiro atoms. The Morgan fingerprint density at radius 2 is 1.85 bits per heavy atom. The van der Waals surface area contributed by atoms with Crippen LogP contribution in [0.1, 0.15) is 58.8 Å². The van der Waals surface area contributed by atoms with E-state index >= 15 is 0 Å². The van der Waals surface area contributed by atoms with E-state index in [0.29, 0.717) is 33.5 Å². The number of nitrogens with zero attached hydrogens (tertiary/aromatic N) is 1. The van der Waals surface area contributed by atoms with Gasteiger partial charge in [0.05, 0.1) is 17.3 Å². The zero-order chi connectivity index (χ0) is 18.5. The molecule has 2 saturated carbocycles. The van der Waals surface area contributed by atoms with Crippen molar-refractivity contribution in [2.45, 2.75) is 48.7 Å². The normalized spacial score (nSPS) is 17.2. The molecular formula is C20H21NO4S. The number of aromatic nitrogens is 1. The highest BCUT2D eigenvalue weighted by molar-refractivity contribution is 7.92. The highest BCUT2D eigenvalue weighted by Crippen LogP contribution is 2.43. The molecule has 4 rings (SSSR count). The Labute approximate surface area is 153 Å². The monoisotopic (exact) mass is 371 g/mol. The quantitative estimate of drug-likeness (QED) is 0.727. The Balaban J connectivity index is 1.65. The van der Waals surface area contributed by atoms with Crippen LogP contribution in [0, 0.1) is 6.92 Å². The number of aryl methyl sites for hydroxylation is 1. The van der Waals surface area contributed by atoms with Crippen molar-refractivity contribution >= 4 is 15.6 Å². The molecule has 136 valence electrons. The van der Waals surface area contributed by atoms with Gasteiger partial charge in [-0.2, -0.15) is 0 Å². The fraction of sp³-hybridized carbons (Fsp3) is 0.400. The molecule has 1 heterocycles. The van der Waals surface area contributed by atoms with Gasteiger partial charge in [0.15, 0.2) is 9.84 Å². The largest absolute Gasteiger partial charge is 0.481 e. The van der Waals surface area contributed by atoms with Gasteiger partial charge in [0.2, 0.25) is 11.7 Å². The average molecular weight is 371 g/mol. The lowest BCUT2D eigenvalue weighted by Crippen LogP contribution is -2.11. The lowest BCUT2D eigenvalue weighted by atomic mass is 10.0. The summed E-state index contributed by atoms with van der Waals surface area (Å²) in [4.78, 5) is 17.5. The van der Waals surface area contributed by atoms with Crippen LogP contribution in [0.15, 0.2) is 35.2 Å². The van der Waals surface area contributed by atoms with Crippen molar-refractivity contribution in [1.29, 1.82) is 0 Å². The molecule has 0 aliphatic heterocycles. The van der Waals surface area contributed by atoms with Gasteiger partial charge in [-0.3, -0.25) is 4.79 Å². The number of sulfone groups is 1. The maximum atomic E-state index is 12.8. The topological polar surface area (TPSA) is 73.3 Å². The molecule has 5 nitrogen and oxygen atoms in total. The average Bonchev–Trinajstić information content (AvgIpc) is 3.51. The number of pyridine rings is 1. The summed E-state index contributed by atoms with van der Waals surface area (Å²) in [5.41, 5.74) is 2.39. The van der Waals surface area contributed by atoms with Crippen LogP contribution < -0.4 is 4.74 Å². The van der Waals surface area contributed by atoms with Crippen LogP contribution in [0.5, 0.6) is 5.88 Å². The summed E-state index contributed by atoms with van der Waals surface area (Å²) in [5, 5.41) is -0.261. The fourth-order valence-electron chi connectivity index (χ4n) is 3.26. The van der Waals surface area contributed by atoms with Crippen LogP contribution in [-0.2, 0) is 9.84 Å². The van der Waals surface area contributed by atoms with Crippen molar-refractivity contribution in [3.63, 3.8) is 0 Å². The molecule has 0 saturated heterocycles. The lowest BCUT2D eigenvalue weighted by Gasteiger charge is -2.10. The highest BCUT2D eigenvalue weighted by Gasteiger charge is 2.37. The van der Waals surface area contributed by atoms with Crippen LogP contribution in [0.25, 0.3) is 0 Å². The molecule has 0 amide bonds. The number of hydrogen-bond donors (Lipinski definition) is 0. The summed E-state index contributed by atoms with van der Waals surface area (Å²) >= 11 is 0.